The Kier molecular flexibility index (Phi) is 5.59. The van der Waals surface area contributed by atoms with E-state index in [-0.39, 0.29) is 5.82 Å². The second-order valence-electron chi connectivity index (χ2n) is 5.54. The normalized spacial score (nSPS) is 17.1. The van der Waals surface area contributed by atoms with Crippen LogP contribution in [0.5, 0.6) is 0 Å². The van der Waals surface area contributed by atoms with Crippen LogP contribution < -0.4 is 5.32 Å². The van der Waals surface area contributed by atoms with Crippen LogP contribution in [-0.4, -0.2) is 12.6 Å². The summed E-state index contributed by atoms with van der Waals surface area (Å²) in [4.78, 5) is 0. The van der Waals surface area contributed by atoms with Gasteiger partial charge in [0.2, 0.25) is 0 Å². The lowest BCUT2D eigenvalue weighted by Crippen LogP contribution is -2.29. The molecule has 0 bridgehead atoms. The highest BCUT2D eigenvalue weighted by molar-refractivity contribution is 5.17. The first-order chi connectivity index (χ1) is 9.24. The van der Waals surface area contributed by atoms with Crippen molar-refractivity contribution in [3.8, 4) is 0 Å². The van der Waals surface area contributed by atoms with E-state index in [0.717, 1.165) is 13.0 Å². The van der Waals surface area contributed by atoms with Gasteiger partial charge in [-0.25, -0.2) is 4.39 Å². The minimum absolute atomic E-state index is 0.159. The molecule has 0 radical (unpaired) electrons. The molecule has 19 heavy (non-hydrogen) atoms. The zero-order valence-corrected chi connectivity index (χ0v) is 11.8. The third-order valence-electron chi connectivity index (χ3n) is 3.78. The average Bonchev–Trinajstić information content (AvgIpc) is 2.43. The van der Waals surface area contributed by atoms with Crippen molar-refractivity contribution in [3.05, 3.63) is 47.3 Å². The molecule has 0 saturated carbocycles. The number of hydrogen-bond acceptors (Lipinski definition) is 1. The third-order valence-corrected chi connectivity index (χ3v) is 3.78. The maximum atomic E-state index is 12.8. The van der Waals surface area contributed by atoms with Crippen molar-refractivity contribution < 1.29 is 4.39 Å². The largest absolute Gasteiger partial charge is 0.314 e. The molecule has 0 saturated heterocycles. The van der Waals surface area contributed by atoms with Crippen LogP contribution in [-0.2, 0) is 6.42 Å². The van der Waals surface area contributed by atoms with E-state index in [1.165, 1.54) is 49.8 Å². The van der Waals surface area contributed by atoms with Gasteiger partial charge in [-0.2, -0.15) is 0 Å². The van der Waals surface area contributed by atoms with Gasteiger partial charge in [0.15, 0.2) is 0 Å². The molecule has 0 aliphatic heterocycles. The highest BCUT2D eigenvalue weighted by Crippen LogP contribution is 2.19. The van der Waals surface area contributed by atoms with Gasteiger partial charge in [0.1, 0.15) is 5.82 Å². The number of benzene rings is 1. The van der Waals surface area contributed by atoms with Gasteiger partial charge in [-0.05, 0) is 69.7 Å². The third kappa shape index (κ3) is 5.15. The van der Waals surface area contributed by atoms with Crippen LogP contribution in [0.25, 0.3) is 0 Å². The molecule has 1 unspecified atom stereocenters. The molecular formula is C17H24FN. The molecule has 1 N–H and O–H groups in total. The van der Waals surface area contributed by atoms with Crippen LogP contribution in [0, 0.1) is 5.82 Å². The number of halogens is 1. The molecule has 1 aliphatic rings. The van der Waals surface area contributed by atoms with Crippen molar-refractivity contribution in [1.29, 1.82) is 0 Å². The highest BCUT2D eigenvalue weighted by atomic mass is 19.1. The van der Waals surface area contributed by atoms with E-state index in [0.29, 0.717) is 6.04 Å². The first kappa shape index (κ1) is 14.3. The topological polar surface area (TPSA) is 12.0 Å². The van der Waals surface area contributed by atoms with Crippen LogP contribution in [0.1, 0.15) is 44.6 Å². The van der Waals surface area contributed by atoms with Crippen molar-refractivity contribution in [3.63, 3.8) is 0 Å². The lowest BCUT2D eigenvalue weighted by Gasteiger charge is -2.16. The van der Waals surface area contributed by atoms with Gasteiger partial charge < -0.3 is 5.32 Å². The van der Waals surface area contributed by atoms with E-state index in [4.69, 9.17) is 0 Å². The van der Waals surface area contributed by atoms with Crippen LogP contribution in [0.4, 0.5) is 4.39 Å². The lowest BCUT2D eigenvalue weighted by molar-refractivity contribution is 0.538. The molecule has 2 rings (SSSR count). The molecule has 1 aromatic rings. The number of hydrogen-bond donors (Lipinski definition) is 1. The number of nitrogens with one attached hydrogen (secondary N) is 1. The summed E-state index contributed by atoms with van der Waals surface area (Å²) in [5, 5.41) is 3.56. The van der Waals surface area contributed by atoms with Gasteiger partial charge >= 0.3 is 0 Å². The molecule has 1 atom stereocenters. The van der Waals surface area contributed by atoms with E-state index >= 15 is 0 Å². The molecule has 1 aromatic carbocycles. The van der Waals surface area contributed by atoms with Gasteiger partial charge in [0, 0.05) is 6.04 Å². The summed E-state index contributed by atoms with van der Waals surface area (Å²) in [6.07, 6.45) is 9.81. The second kappa shape index (κ2) is 7.44. The summed E-state index contributed by atoms with van der Waals surface area (Å²) < 4.78 is 12.8. The SMILES string of the molecule is CC(Cc1ccc(F)cc1)NCCC1=CCCCC1. The molecular weight excluding hydrogens is 237 g/mol. The predicted molar refractivity (Wildman–Crippen MR) is 78.7 cm³/mol. The van der Waals surface area contributed by atoms with Crippen molar-refractivity contribution in [2.45, 2.75) is 51.5 Å². The minimum atomic E-state index is -0.159. The Morgan fingerprint density at radius 1 is 1.21 bits per heavy atom. The standard InChI is InChI=1S/C17H24FN/c1-14(13-16-7-9-17(18)10-8-16)19-12-11-15-5-3-2-4-6-15/h5,7-10,14,19H,2-4,6,11-13H2,1H3. The van der Waals surface area contributed by atoms with Crippen LogP contribution in [0.3, 0.4) is 0 Å². The molecule has 0 amide bonds. The Labute approximate surface area is 115 Å². The Balaban J connectivity index is 1.68. The van der Waals surface area contributed by atoms with Gasteiger partial charge in [0.25, 0.3) is 0 Å². The van der Waals surface area contributed by atoms with E-state index in [9.17, 15) is 4.39 Å². The Morgan fingerprint density at radius 2 is 2.00 bits per heavy atom. The summed E-state index contributed by atoms with van der Waals surface area (Å²) in [6, 6.07) is 7.26. The fraction of sp³-hybridized carbons (Fsp3) is 0.529. The summed E-state index contributed by atoms with van der Waals surface area (Å²) in [6.45, 7) is 3.24. The summed E-state index contributed by atoms with van der Waals surface area (Å²) in [5.74, 6) is -0.159. The Morgan fingerprint density at radius 3 is 2.68 bits per heavy atom. The highest BCUT2D eigenvalue weighted by Gasteiger charge is 2.06. The van der Waals surface area contributed by atoms with Crippen LogP contribution in [0.15, 0.2) is 35.9 Å². The number of allylic oxidation sites excluding steroid dienone is 1. The molecule has 2 heteroatoms. The van der Waals surface area contributed by atoms with E-state index in [1.807, 2.05) is 12.1 Å². The van der Waals surface area contributed by atoms with Crippen LogP contribution in [0.2, 0.25) is 0 Å². The summed E-state index contributed by atoms with van der Waals surface area (Å²) >= 11 is 0. The van der Waals surface area contributed by atoms with Crippen molar-refractivity contribution in [2.24, 2.45) is 0 Å². The average molecular weight is 261 g/mol. The monoisotopic (exact) mass is 261 g/mol. The molecule has 0 fully saturated rings. The second-order valence-corrected chi connectivity index (χ2v) is 5.54. The van der Waals surface area contributed by atoms with E-state index in [2.05, 4.69) is 18.3 Å². The summed E-state index contributed by atoms with van der Waals surface area (Å²) in [7, 11) is 0. The quantitative estimate of drug-likeness (QED) is 0.755. The van der Waals surface area contributed by atoms with Gasteiger partial charge in [-0.15, -0.1) is 0 Å². The van der Waals surface area contributed by atoms with Crippen molar-refractivity contribution in [2.75, 3.05) is 6.54 Å². The van der Waals surface area contributed by atoms with Gasteiger partial charge in [-0.3, -0.25) is 0 Å². The maximum absolute atomic E-state index is 12.8. The summed E-state index contributed by atoms with van der Waals surface area (Å²) in [5.41, 5.74) is 2.81. The molecule has 0 heterocycles. The predicted octanol–water partition coefficient (Wildman–Crippen LogP) is 4.24. The zero-order valence-electron chi connectivity index (χ0n) is 11.8. The fourth-order valence-electron chi connectivity index (χ4n) is 2.66. The molecule has 0 aromatic heterocycles. The van der Waals surface area contributed by atoms with E-state index in [1.54, 1.807) is 5.57 Å². The van der Waals surface area contributed by atoms with Gasteiger partial charge in [0.05, 0.1) is 0 Å². The molecule has 0 spiro atoms. The molecule has 1 aliphatic carbocycles. The lowest BCUT2D eigenvalue weighted by atomic mass is 9.97. The number of rotatable bonds is 6. The smallest absolute Gasteiger partial charge is 0.123 e. The Hall–Kier alpha value is -1.15. The Bertz CT molecular complexity index is 408. The van der Waals surface area contributed by atoms with Gasteiger partial charge in [-0.1, -0.05) is 23.8 Å². The first-order valence-electron chi connectivity index (χ1n) is 7.40. The fourth-order valence-corrected chi connectivity index (χ4v) is 2.66. The zero-order chi connectivity index (χ0) is 13.5. The van der Waals surface area contributed by atoms with Crippen molar-refractivity contribution in [1.82, 2.24) is 5.32 Å². The molecule has 104 valence electrons. The van der Waals surface area contributed by atoms with Crippen LogP contribution >= 0.6 is 0 Å². The molecule has 1 nitrogen and oxygen atoms in total. The van der Waals surface area contributed by atoms with Crippen molar-refractivity contribution >= 4 is 0 Å². The first-order valence-corrected chi connectivity index (χ1v) is 7.40. The van der Waals surface area contributed by atoms with E-state index < -0.39 is 0 Å². The minimum Gasteiger partial charge on any atom is -0.314 e. The maximum Gasteiger partial charge on any atom is 0.123 e.